The van der Waals surface area contributed by atoms with Crippen LogP contribution in [0.5, 0.6) is 0 Å². The van der Waals surface area contributed by atoms with E-state index in [4.69, 9.17) is 9.26 Å². The minimum absolute atomic E-state index is 0.157. The van der Waals surface area contributed by atoms with Crippen molar-refractivity contribution >= 4 is 11.6 Å². The van der Waals surface area contributed by atoms with Gasteiger partial charge in [0.25, 0.3) is 0 Å². The summed E-state index contributed by atoms with van der Waals surface area (Å²) in [7, 11) is 1.58. The van der Waals surface area contributed by atoms with Gasteiger partial charge >= 0.3 is 0 Å². The minimum atomic E-state index is -0.726. The lowest BCUT2D eigenvalue weighted by Crippen LogP contribution is -2.24. The molecule has 1 aromatic carbocycles. The molecule has 1 atom stereocenters. The van der Waals surface area contributed by atoms with Crippen molar-refractivity contribution < 1.29 is 22.8 Å². The molecule has 0 N–H and O–H groups in total. The third-order valence-electron chi connectivity index (χ3n) is 3.65. The zero-order chi connectivity index (χ0) is 16.4. The molecule has 2 heterocycles. The van der Waals surface area contributed by atoms with Gasteiger partial charge in [0.2, 0.25) is 11.8 Å². The van der Waals surface area contributed by atoms with Gasteiger partial charge in [-0.2, -0.15) is 4.98 Å². The molecular weight excluding hydrogens is 308 g/mol. The van der Waals surface area contributed by atoms with Crippen molar-refractivity contribution in [1.29, 1.82) is 0 Å². The van der Waals surface area contributed by atoms with Gasteiger partial charge in [0.05, 0.1) is 12.5 Å². The number of hydrogen-bond acceptors (Lipinski definition) is 5. The maximum Gasteiger partial charge on any atom is 0.232 e. The van der Waals surface area contributed by atoms with Gasteiger partial charge in [0.15, 0.2) is 5.82 Å². The van der Waals surface area contributed by atoms with Gasteiger partial charge in [-0.3, -0.25) is 4.79 Å². The molecule has 1 unspecified atom stereocenters. The van der Waals surface area contributed by atoms with Crippen molar-refractivity contribution in [1.82, 2.24) is 10.1 Å². The summed E-state index contributed by atoms with van der Waals surface area (Å²) in [5, 5.41) is 3.83. The summed E-state index contributed by atoms with van der Waals surface area (Å²) in [5.41, 5.74) is 0.189. The Balaban J connectivity index is 1.75. The molecule has 0 bridgehead atoms. The number of amides is 1. The maximum atomic E-state index is 13.3. The smallest absolute Gasteiger partial charge is 0.232 e. The first-order valence-corrected chi connectivity index (χ1v) is 7.14. The summed E-state index contributed by atoms with van der Waals surface area (Å²) in [5.74, 6) is -1.13. The van der Waals surface area contributed by atoms with E-state index in [0.717, 1.165) is 18.2 Å². The van der Waals surface area contributed by atoms with Gasteiger partial charge in [-0.05, 0) is 12.1 Å². The van der Waals surface area contributed by atoms with Gasteiger partial charge in [-0.25, -0.2) is 8.78 Å². The van der Waals surface area contributed by atoms with E-state index < -0.39 is 11.6 Å². The predicted molar refractivity (Wildman–Crippen MR) is 75.9 cm³/mol. The highest BCUT2D eigenvalue weighted by Gasteiger charge is 2.35. The lowest BCUT2D eigenvalue weighted by Gasteiger charge is -2.16. The quantitative estimate of drug-likeness (QED) is 0.842. The summed E-state index contributed by atoms with van der Waals surface area (Å²) < 4.78 is 36.8. The summed E-state index contributed by atoms with van der Waals surface area (Å²) in [6.07, 6.45) is 0.670. The van der Waals surface area contributed by atoms with Crippen LogP contribution in [0.3, 0.4) is 0 Å². The van der Waals surface area contributed by atoms with Crippen LogP contribution in [0.25, 0.3) is 0 Å². The van der Waals surface area contributed by atoms with E-state index in [0.29, 0.717) is 24.7 Å². The number of aromatic nitrogens is 2. The summed E-state index contributed by atoms with van der Waals surface area (Å²) in [6.45, 7) is 0.713. The molecule has 23 heavy (non-hydrogen) atoms. The summed E-state index contributed by atoms with van der Waals surface area (Å²) in [6, 6.07) is 3.02. The average molecular weight is 323 g/mol. The number of nitrogens with zero attached hydrogens (tertiary/aromatic N) is 3. The Hall–Kier alpha value is -2.35. The van der Waals surface area contributed by atoms with Gasteiger partial charge < -0.3 is 14.2 Å². The SMILES string of the molecule is COCCc1noc(C2CC(=O)N(c3cc(F)cc(F)c3)C2)n1. The van der Waals surface area contributed by atoms with Crippen LogP contribution in [0.1, 0.15) is 24.1 Å². The minimum Gasteiger partial charge on any atom is -0.384 e. The van der Waals surface area contributed by atoms with Crippen molar-refractivity contribution in [2.24, 2.45) is 0 Å². The van der Waals surface area contributed by atoms with E-state index in [9.17, 15) is 13.6 Å². The summed E-state index contributed by atoms with van der Waals surface area (Å²) >= 11 is 0. The van der Waals surface area contributed by atoms with E-state index in [-0.39, 0.29) is 30.5 Å². The molecule has 0 spiro atoms. The van der Waals surface area contributed by atoms with Crippen molar-refractivity contribution in [2.75, 3.05) is 25.2 Å². The molecule has 2 aromatic rings. The highest BCUT2D eigenvalue weighted by Crippen LogP contribution is 2.31. The number of methoxy groups -OCH3 is 1. The molecule has 1 aromatic heterocycles. The van der Waals surface area contributed by atoms with Gasteiger partial charge in [-0.1, -0.05) is 5.16 Å². The van der Waals surface area contributed by atoms with Crippen LogP contribution in [-0.2, 0) is 16.0 Å². The molecule has 1 aliphatic rings. The lowest BCUT2D eigenvalue weighted by atomic mass is 10.1. The molecule has 0 radical (unpaired) electrons. The molecule has 0 aliphatic carbocycles. The fourth-order valence-corrected chi connectivity index (χ4v) is 2.55. The maximum absolute atomic E-state index is 13.3. The molecule has 3 rings (SSSR count). The van der Waals surface area contributed by atoms with E-state index in [2.05, 4.69) is 10.1 Å². The van der Waals surface area contributed by atoms with Gasteiger partial charge in [0.1, 0.15) is 11.6 Å². The Morgan fingerprint density at radius 2 is 2.09 bits per heavy atom. The Bertz CT molecular complexity index is 699. The third-order valence-corrected chi connectivity index (χ3v) is 3.65. The van der Waals surface area contributed by atoms with E-state index >= 15 is 0 Å². The van der Waals surface area contributed by atoms with Crippen molar-refractivity contribution in [3.05, 3.63) is 41.5 Å². The van der Waals surface area contributed by atoms with Crippen molar-refractivity contribution in [3.8, 4) is 0 Å². The highest BCUT2D eigenvalue weighted by molar-refractivity contribution is 5.96. The van der Waals surface area contributed by atoms with Crippen LogP contribution in [0.15, 0.2) is 22.7 Å². The molecule has 0 saturated carbocycles. The zero-order valence-electron chi connectivity index (χ0n) is 12.5. The Labute approximate surface area is 131 Å². The van der Waals surface area contributed by atoms with Crippen molar-refractivity contribution in [2.45, 2.75) is 18.8 Å². The molecule has 6 nitrogen and oxygen atoms in total. The number of hydrogen-bond donors (Lipinski definition) is 0. The second-order valence-corrected chi connectivity index (χ2v) is 5.32. The Morgan fingerprint density at radius 3 is 2.78 bits per heavy atom. The largest absolute Gasteiger partial charge is 0.384 e. The van der Waals surface area contributed by atoms with Crippen LogP contribution in [-0.4, -0.2) is 36.3 Å². The predicted octanol–water partition coefficient (Wildman–Crippen LogP) is 2.06. The monoisotopic (exact) mass is 323 g/mol. The highest BCUT2D eigenvalue weighted by atomic mass is 19.1. The number of carbonyl (C=O) groups excluding carboxylic acids is 1. The number of rotatable bonds is 5. The van der Waals surface area contributed by atoms with E-state index in [1.807, 2.05) is 0 Å². The number of anilines is 1. The Kier molecular flexibility index (Phi) is 4.33. The van der Waals surface area contributed by atoms with Gasteiger partial charge in [-0.15, -0.1) is 0 Å². The van der Waals surface area contributed by atoms with Crippen LogP contribution in [0, 0.1) is 11.6 Å². The molecule has 1 aliphatic heterocycles. The molecular formula is C15H15F2N3O3. The lowest BCUT2D eigenvalue weighted by molar-refractivity contribution is -0.117. The first-order valence-electron chi connectivity index (χ1n) is 7.14. The van der Waals surface area contributed by atoms with Crippen LogP contribution >= 0.6 is 0 Å². The van der Waals surface area contributed by atoms with Crippen LogP contribution in [0.4, 0.5) is 14.5 Å². The molecule has 8 heteroatoms. The summed E-state index contributed by atoms with van der Waals surface area (Å²) in [4.78, 5) is 17.7. The number of benzene rings is 1. The van der Waals surface area contributed by atoms with Crippen LogP contribution in [0.2, 0.25) is 0 Å². The average Bonchev–Trinajstić information content (AvgIpc) is 3.10. The molecule has 1 amide bonds. The number of halogens is 2. The first kappa shape index (κ1) is 15.5. The van der Waals surface area contributed by atoms with E-state index in [1.165, 1.54) is 4.90 Å². The fraction of sp³-hybridized carbons (Fsp3) is 0.400. The number of ether oxygens (including phenoxy) is 1. The molecule has 1 saturated heterocycles. The standard InChI is InChI=1S/C15H15F2N3O3/c1-22-3-2-13-18-15(23-19-13)9-4-14(21)20(8-9)12-6-10(16)5-11(17)7-12/h5-7,9H,2-4,8H2,1H3. The third kappa shape index (κ3) is 3.37. The van der Waals surface area contributed by atoms with Gasteiger partial charge in [0, 0.05) is 38.2 Å². The number of carbonyl (C=O) groups is 1. The topological polar surface area (TPSA) is 68.5 Å². The Morgan fingerprint density at radius 1 is 1.35 bits per heavy atom. The second-order valence-electron chi connectivity index (χ2n) is 5.32. The fourth-order valence-electron chi connectivity index (χ4n) is 2.55. The first-order chi connectivity index (χ1) is 11.1. The van der Waals surface area contributed by atoms with E-state index in [1.54, 1.807) is 7.11 Å². The zero-order valence-corrected chi connectivity index (χ0v) is 12.5. The second kappa shape index (κ2) is 6.41. The van der Waals surface area contributed by atoms with Crippen molar-refractivity contribution in [3.63, 3.8) is 0 Å². The normalized spacial score (nSPS) is 18.0. The molecule has 1 fully saturated rings. The van der Waals surface area contributed by atoms with Crippen LogP contribution < -0.4 is 4.90 Å². The molecule has 122 valence electrons.